The average molecular weight is 98.1 g/mol. The van der Waals surface area contributed by atoms with Crippen molar-refractivity contribution in [3.05, 3.63) is 0 Å². The van der Waals surface area contributed by atoms with Crippen LogP contribution in [0.3, 0.4) is 0 Å². The first-order chi connectivity index (χ1) is 2.27. The molecular weight excluding hydrogens is 89.0 g/mol. The van der Waals surface area contributed by atoms with Gasteiger partial charge in [0.2, 0.25) is 0 Å². The zero-order chi connectivity index (χ0) is 4.28. The molecule has 0 aliphatic rings. The number of hydrogen-bond acceptors (Lipinski definition) is 2. The van der Waals surface area contributed by atoms with Crippen molar-refractivity contribution >= 4 is 29.6 Å². The smallest absolute Gasteiger partial charge is 0.0634 e. The third-order valence-corrected chi connectivity index (χ3v) is 0.341. The first kappa shape index (κ1) is 10.0. The largest absolute Gasteiger partial charge is 0.392 e. The van der Waals surface area contributed by atoms with Crippen molar-refractivity contribution in [2.24, 2.45) is 5.73 Å². The van der Waals surface area contributed by atoms with E-state index in [1.54, 1.807) is 6.92 Å². The summed E-state index contributed by atoms with van der Waals surface area (Å²) in [5.41, 5.74) is 4.92. The minimum absolute atomic E-state index is 0. The van der Waals surface area contributed by atoms with Crippen LogP contribution in [0, 0.1) is 0 Å². The van der Waals surface area contributed by atoms with Crippen LogP contribution < -0.4 is 5.73 Å². The summed E-state index contributed by atoms with van der Waals surface area (Å²) in [5, 5.41) is 8.24. The van der Waals surface area contributed by atoms with E-state index in [9.17, 15) is 0 Å². The SMILES string of the molecule is CC(O)CN.[Na]. The Morgan fingerprint density at radius 2 is 2.00 bits per heavy atom. The van der Waals surface area contributed by atoms with E-state index in [1.807, 2.05) is 0 Å². The molecule has 33 valence electrons. The van der Waals surface area contributed by atoms with E-state index in [2.05, 4.69) is 0 Å². The Morgan fingerprint density at radius 3 is 2.00 bits per heavy atom. The van der Waals surface area contributed by atoms with Crippen LogP contribution in [-0.2, 0) is 0 Å². The van der Waals surface area contributed by atoms with E-state index in [0.717, 1.165) is 0 Å². The molecule has 0 fully saturated rings. The fraction of sp³-hybridized carbons (Fsp3) is 1.00. The Bertz CT molecular complexity index is 24.8. The van der Waals surface area contributed by atoms with Crippen LogP contribution in [0.2, 0.25) is 0 Å². The fourth-order valence-electron chi connectivity index (χ4n) is 0. The molecule has 2 nitrogen and oxygen atoms in total. The van der Waals surface area contributed by atoms with Gasteiger partial charge in [0.25, 0.3) is 0 Å². The Balaban J connectivity index is 0. The summed E-state index contributed by atoms with van der Waals surface area (Å²) in [6.07, 6.45) is -0.338. The molecule has 6 heavy (non-hydrogen) atoms. The predicted octanol–water partition coefficient (Wildman–Crippen LogP) is -1.05. The molecule has 0 heterocycles. The van der Waals surface area contributed by atoms with Crippen LogP contribution >= 0.6 is 0 Å². The molecule has 0 aromatic heterocycles. The second kappa shape index (κ2) is 5.92. The van der Waals surface area contributed by atoms with Gasteiger partial charge < -0.3 is 10.8 Å². The molecular formula is C3H9NNaO. The van der Waals surface area contributed by atoms with Gasteiger partial charge in [-0.25, -0.2) is 0 Å². The van der Waals surface area contributed by atoms with Crippen molar-refractivity contribution in [2.75, 3.05) is 6.54 Å². The van der Waals surface area contributed by atoms with E-state index in [-0.39, 0.29) is 35.7 Å². The molecule has 0 aliphatic heterocycles. The predicted molar refractivity (Wildman–Crippen MR) is 26.5 cm³/mol. The molecule has 3 heteroatoms. The van der Waals surface area contributed by atoms with Gasteiger partial charge in [0.05, 0.1) is 6.10 Å². The summed E-state index contributed by atoms with van der Waals surface area (Å²) >= 11 is 0. The van der Waals surface area contributed by atoms with Gasteiger partial charge in [0.15, 0.2) is 0 Å². The standard InChI is InChI=1S/C3H9NO.Na/c1-3(5)2-4;/h3,5H,2,4H2,1H3;. The quantitative estimate of drug-likeness (QED) is 0.411. The number of aliphatic hydroxyl groups is 1. The summed E-state index contributed by atoms with van der Waals surface area (Å²) in [6.45, 7) is 2.01. The van der Waals surface area contributed by atoms with Crippen molar-refractivity contribution in [1.29, 1.82) is 0 Å². The summed E-state index contributed by atoms with van der Waals surface area (Å²) < 4.78 is 0. The molecule has 0 saturated carbocycles. The molecule has 0 saturated heterocycles. The van der Waals surface area contributed by atoms with E-state index >= 15 is 0 Å². The third-order valence-electron chi connectivity index (χ3n) is 0.341. The first-order valence-electron chi connectivity index (χ1n) is 1.65. The molecule has 0 bridgehead atoms. The second-order valence-corrected chi connectivity index (χ2v) is 1.08. The minimum atomic E-state index is -0.338. The maximum Gasteiger partial charge on any atom is 0.0634 e. The zero-order valence-electron chi connectivity index (χ0n) is 4.31. The van der Waals surface area contributed by atoms with E-state index in [1.165, 1.54) is 0 Å². The zero-order valence-corrected chi connectivity index (χ0v) is 6.31. The van der Waals surface area contributed by atoms with Crippen LogP contribution in [0.4, 0.5) is 0 Å². The second-order valence-electron chi connectivity index (χ2n) is 1.08. The van der Waals surface area contributed by atoms with Gasteiger partial charge in [-0.15, -0.1) is 0 Å². The molecule has 0 aromatic rings. The molecule has 0 amide bonds. The van der Waals surface area contributed by atoms with Crippen LogP contribution in [0.5, 0.6) is 0 Å². The van der Waals surface area contributed by atoms with Gasteiger partial charge in [-0.1, -0.05) is 0 Å². The maximum atomic E-state index is 8.24. The van der Waals surface area contributed by atoms with E-state index < -0.39 is 0 Å². The van der Waals surface area contributed by atoms with Crippen LogP contribution in [0.25, 0.3) is 0 Å². The van der Waals surface area contributed by atoms with E-state index in [0.29, 0.717) is 6.54 Å². The number of aliphatic hydroxyl groups excluding tert-OH is 1. The number of hydrogen-bond donors (Lipinski definition) is 2. The molecule has 0 rings (SSSR count). The van der Waals surface area contributed by atoms with Gasteiger partial charge in [-0.3, -0.25) is 0 Å². The molecule has 3 N–H and O–H groups in total. The Morgan fingerprint density at radius 1 is 1.83 bits per heavy atom. The molecule has 1 atom stereocenters. The fourth-order valence-corrected chi connectivity index (χ4v) is 0. The molecule has 1 unspecified atom stereocenters. The van der Waals surface area contributed by atoms with Crippen molar-refractivity contribution in [1.82, 2.24) is 0 Å². The molecule has 0 aromatic carbocycles. The van der Waals surface area contributed by atoms with Crippen molar-refractivity contribution in [2.45, 2.75) is 13.0 Å². The summed E-state index contributed by atoms with van der Waals surface area (Å²) in [7, 11) is 0. The summed E-state index contributed by atoms with van der Waals surface area (Å²) in [6, 6.07) is 0. The summed E-state index contributed by atoms with van der Waals surface area (Å²) in [4.78, 5) is 0. The first-order valence-corrected chi connectivity index (χ1v) is 1.65. The molecule has 1 radical (unpaired) electrons. The van der Waals surface area contributed by atoms with E-state index in [4.69, 9.17) is 10.8 Å². The van der Waals surface area contributed by atoms with Crippen molar-refractivity contribution in [3.63, 3.8) is 0 Å². The number of rotatable bonds is 1. The van der Waals surface area contributed by atoms with Crippen LogP contribution in [-0.4, -0.2) is 47.3 Å². The molecule has 0 spiro atoms. The Kier molecular flexibility index (Phi) is 9.89. The molecule has 0 aliphatic carbocycles. The Hall–Kier alpha value is 0.920. The van der Waals surface area contributed by atoms with Crippen LogP contribution in [0.1, 0.15) is 6.92 Å². The van der Waals surface area contributed by atoms with Gasteiger partial charge >= 0.3 is 0 Å². The summed E-state index contributed by atoms with van der Waals surface area (Å²) in [5.74, 6) is 0. The monoisotopic (exact) mass is 98.1 g/mol. The van der Waals surface area contributed by atoms with Gasteiger partial charge in [0.1, 0.15) is 0 Å². The van der Waals surface area contributed by atoms with Crippen LogP contribution in [0.15, 0.2) is 0 Å². The number of nitrogens with two attached hydrogens (primary N) is 1. The maximum absolute atomic E-state index is 8.24. The topological polar surface area (TPSA) is 46.2 Å². The van der Waals surface area contributed by atoms with Gasteiger partial charge in [0, 0.05) is 36.1 Å². The van der Waals surface area contributed by atoms with Crippen molar-refractivity contribution < 1.29 is 5.11 Å². The van der Waals surface area contributed by atoms with Gasteiger partial charge in [-0.2, -0.15) is 0 Å². The Labute approximate surface area is 60.0 Å². The van der Waals surface area contributed by atoms with Crippen molar-refractivity contribution in [3.8, 4) is 0 Å². The normalized spacial score (nSPS) is 12.5. The van der Waals surface area contributed by atoms with Gasteiger partial charge in [-0.05, 0) is 6.92 Å². The third kappa shape index (κ3) is 8.87. The minimum Gasteiger partial charge on any atom is -0.392 e. The average Bonchev–Trinajstić information content (AvgIpc) is 1.38.